The second-order valence-corrected chi connectivity index (χ2v) is 3.72. The molecule has 1 aliphatic heterocycles. The molecular formula is C9H18O3. The van der Waals surface area contributed by atoms with Crippen LogP contribution >= 0.6 is 0 Å². The Hall–Kier alpha value is -0.120. The van der Waals surface area contributed by atoms with Crippen LogP contribution in [-0.4, -0.2) is 37.1 Å². The summed E-state index contributed by atoms with van der Waals surface area (Å²) in [5.74, 6) is 0.474. The van der Waals surface area contributed by atoms with Crippen molar-refractivity contribution >= 4 is 0 Å². The predicted octanol–water partition coefficient (Wildman–Crippen LogP) is 0.807. The van der Waals surface area contributed by atoms with Crippen LogP contribution in [0.15, 0.2) is 0 Å². The van der Waals surface area contributed by atoms with E-state index in [9.17, 15) is 5.11 Å². The maximum Gasteiger partial charge on any atom is 0.107 e. The van der Waals surface area contributed by atoms with Gasteiger partial charge in [0.2, 0.25) is 0 Å². The maximum atomic E-state index is 9.53. The minimum absolute atomic E-state index is 0.123. The molecule has 0 spiro atoms. The van der Waals surface area contributed by atoms with Gasteiger partial charge in [0.15, 0.2) is 0 Å². The molecule has 0 aromatic rings. The predicted molar refractivity (Wildman–Crippen MR) is 46.0 cm³/mol. The molecule has 12 heavy (non-hydrogen) atoms. The van der Waals surface area contributed by atoms with E-state index >= 15 is 0 Å². The summed E-state index contributed by atoms with van der Waals surface area (Å²) in [6.45, 7) is 4.70. The van der Waals surface area contributed by atoms with Gasteiger partial charge >= 0.3 is 0 Å². The van der Waals surface area contributed by atoms with Crippen LogP contribution in [0.25, 0.3) is 0 Å². The average molecular weight is 174 g/mol. The Balaban J connectivity index is 2.39. The van der Waals surface area contributed by atoms with Gasteiger partial charge in [-0.25, -0.2) is 0 Å². The number of rotatable bonds is 3. The first-order valence-electron chi connectivity index (χ1n) is 4.47. The molecule has 0 aliphatic carbocycles. The molecular weight excluding hydrogens is 156 g/mol. The highest BCUT2D eigenvalue weighted by Gasteiger charge is 2.34. The second kappa shape index (κ2) is 4.21. The Morgan fingerprint density at radius 2 is 2.25 bits per heavy atom. The van der Waals surface area contributed by atoms with Crippen LogP contribution in [0, 0.1) is 5.92 Å². The van der Waals surface area contributed by atoms with Crippen molar-refractivity contribution in [2.75, 3.05) is 13.7 Å². The highest BCUT2D eigenvalue weighted by atomic mass is 16.6. The van der Waals surface area contributed by atoms with Gasteiger partial charge in [-0.1, -0.05) is 13.8 Å². The zero-order valence-corrected chi connectivity index (χ0v) is 7.99. The lowest BCUT2D eigenvalue weighted by Crippen LogP contribution is -2.26. The summed E-state index contributed by atoms with van der Waals surface area (Å²) in [6.07, 6.45) is 0.464. The van der Waals surface area contributed by atoms with Crippen molar-refractivity contribution in [3.63, 3.8) is 0 Å². The van der Waals surface area contributed by atoms with Crippen LogP contribution in [0.1, 0.15) is 20.3 Å². The summed E-state index contributed by atoms with van der Waals surface area (Å²) >= 11 is 0. The summed E-state index contributed by atoms with van der Waals surface area (Å²) in [6, 6.07) is 0. The lowest BCUT2D eigenvalue weighted by Gasteiger charge is -2.15. The Morgan fingerprint density at radius 3 is 2.67 bits per heavy atom. The zero-order valence-electron chi connectivity index (χ0n) is 7.99. The van der Waals surface area contributed by atoms with Crippen LogP contribution in [0.5, 0.6) is 0 Å². The van der Waals surface area contributed by atoms with Gasteiger partial charge in [0.05, 0.1) is 18.8 Å². The fourth-order valence-electron chi connectivity index (χ4n) is 1.50. The van der Waals surface area contributed by atoms with Crippen LogP contribution in [0.4, 0.5) is 0 Å². The third kappa shape index (κ3) is 2.19. The molecule has 2 unspecified atom stereocenters. The average Bonchev–Trinajstić information content (AvgIpc) is 2.34. The van der Waals surface area contributed by atoms with Crippen molar-refractivity contribution in [3.8, 4) is 0 Å². The van der Waals surface area contributed by atoms with Crippen molar-refractivity contribution in [2.45, 2.75) is 38.6 Å². The molecule has 1 fully saturated rings. The van der Waals surface area contributed by atoms with Gasteiger partial charge in [0.1, 0.15) is 6.10 Å². The fraction of sp³-hybridized carbons (Fsp3) is 1.00. The SMILES string of the molecule is COC[C@H]1OC(C(C)C)CC1O. The van der Waals surface area contributed by atoms with Crippen molar-refractivity contribution in [3.05, 3.63) is 0 Å². The molecule has 1 saturated heterocycles. The largest absolute Gasteiger partial charge is 0.390 e. The molecule has 3 heteroatoms. The highest BCUT2D eigenvalue weighted by molar-refractivity contribution is 4.83. The Morgan fingerprint density at radius 1 is 1.58 bits per heavy atom. The first-order chi connectivity index (χ1) is 5.65. The van der Waals surface area contributed by atoms with E-state index in [4.69, 9.17) is 9.47 Å². The molecule has 3 nitrogen and oxygen atoms in total. The number of aliphatic hydroxyl groups is 1. The molecule has 1 rings (SSSR count). The summed E-state index contributed by atoms with van der Waals surface area (Å²) in [7, 11) is 1.62. The van der Waals surface area contributed by atoms with Gasteiger partial charge in [0.25, 0.3) is 0 Å². The molecule has 0 saturated carbocycles. The molecule has 0 bridgehead atoms. The summed E-state index contributed by atoms with van der Waals surface area (Å²) in [5.41, 5.74) is 0. The molecule has 1 heterocycles. The highest BCUT2D eigenvalue weighted by Crippen LogP contribution is 2.25. The van der Waals surface area contributed by atoms with Crippen molar-refractivity contribution in [1.29, 1.82) is 0 Å². The minimum atomic E-state index is -0.350. The monoisotopic (exact) mass is 174 g/mol. The van der Waals surface area contributed by atoms with E-state index in [-0.39, 0.29) is 18.3 Å². The standard InChI is InChI=1S/C9H18O3/c1-6(2)8-4-7(10)9(12-8)5-11-3/h6-10H,4-5H2,1-3H3/t7?,8?,9-/m1/s1. The van der Waals surface area contributed by atoms with E-state index in [1.807, 2.05) is 0 Å². The quantitative estimate of drug-likeness (QED) is 0.688. The Labute approximate surface area is 73.7 Å². The van der Waals surface area contributed by atoms with E-state index in [2.05, 4.69) is 13.8 Å². The molecule has 0 aromatic heterocycles. The van der Waals surface area contributed by atoms with Crippen LogP contribution < -0.4 is 0 Å². The van der Waals surface area contributed by atoms with Crippen molar-refractivity contribution < 1.29 is 14.6 Å². The fourth-order valence-corrected chi connectivity index (χ4v) is 1.50. The van der Waals surface area contributed by atoms with E-state index in [1.165, 1.54) is 0 Å². The van der Waals surface area contributed by atoms with Crippen LogP contribution in [-0.2, 0) is 9.47 Å². The van der Waals surface area contributed by atoms with Crippen molar-refractivity contribution in [2.24, 2.45) is 5.92 Å². The van der Waals surface area contributed by atoms with Gasteiger partial charge < -0.3 is 14.6 Å². The minimum Gasteiger partial charge on any atom is -0.390 e. The number of aliphatic hydroxyl groups excluding tert-OH is 1. The first kappa shape index (κ1) is 9.96. The Kier molecular flexibility index (Phi) is 3.50. The third-order valence-corrected chi connectivity index (χ3v) is 2.33. The molecule has 0 amide bonds. The number of ether oxygens (including phenoxy) is 2. The molecule has 0 aromatic carbocycles. The summed E-state index contributed by atoms with van der Waals surface area (Å²) < 4.78 is 10.5. The van der Waals surface area contributed by atoms with Gasteiger partial charge in [-0.2, -0.15) is 0 Å². The molecule has 0 radical (unpaired) electrons. The summed E-state index contributed by atoms with van der Waals surface area (Å²) in [5, 5.41) is 9.53. The van der Waals surface area contributed by atoms with E-state index in [0.717, 1.165) is 6.42 Å². The Bertz CT molecular complexity index is 136. The van der Waals surface area contributed by atoms with Crippen molar-refractivity contribution in [1.82, 2.24) is 0 Å². The lowest BCUT2D eigenvalue weighted by molar-refractivity contribution is -0.0434. The molecule has 72 valence electrons. The normalized spacial score (nSPS) is 36.2. The van der Waals surface area contributed by atoms with Crippen LogP contribution in [0.2, 0.25) is 0 Å². The maximum absolute atomic E-state index is 9.53. The van der Waals surface area contributed by atoms with E-state index in [1.54, 1.807) is 7.11 Å². The van der Waals surface area contributed by atoms with Crippen LogP contribution in [0.3, 0.4) is 0 Å². The topological polar surface area (TPSA) is 38.7 Å². The third-order valence-electron chi connectivity index (χ3n) is 2.33. The molecule has 1 N–H and O–H groups in total. The second-order valence-electron chi connectivity index (χ2n) is 3.72. The van der Waals surface area contributed by atoms with Gasteiger partial charge in [0, 0.05) is 13.5 Å². The smallest absolute Gasteiger partial charge is 0.107 e. The van der Waals surface area contributed by atoms with E-state index < -0.39 is 0 Å². The molecule has 3 atom stereocenters. The number of hydrogen-bond acceptors (Lipinski definition) is 3. The number of hydrogen-bond donors (Lipinski definition) is 1. The van der Waals surface area contributed by atoms with Gasteiger partial charge in [-0.15, -0.1) is 0 Å². The lowest BCUT2D eigenvalue weighted by atomic mass is 10.0. The van der Waals surface area contributed by atoms with E-state index in [0.29, 0.717) is 12.5 Å². The first-order valence-corrected chi connectivity index (χ1v) is 4.47. The number of methoxy groups -OCH3 is 1. The van der Waals surface area contributed by atoms with Gasteiger partial charge in [-0.05, 0) is 5.92 Å². The summed E-state index contributed by atoms with van der Waals surface area (Å²) in [4.78, 5) is 0. The zero-order chi connectivity index (χ0) is 9.14. The molecule has 1 aliphatic rings. The van der Waals surface area contributed by atoms with Gasteiger partial charge in [-0.3, -0.25) is 0 Å².